The Labute approximate surface area is 105 Å². The van der Waals surface area contributed by atoms with Crippen molar-refractivity contribution in [3.8, 4) is 11.5 Å². The fourth-order valence-corrected chi connectivity index (χ4v) is 1.87. The van der Waals surface area contributed by atoms with Crippen LogP contribution in [0.3, 0.4) is 0 Å². The standard InChI is InChI=1S/C14H14O4/c1-4-6-17-12-8-11-10(5-7-18-11)14(16-3)13(12)9(2)15/h4-5,7-8H,1,6H2,2-3H3. The van der Waals surface area contributed by atoms with Gasteiger partial charge in [-0.05, 0) is 13.0 Å². The summed E-state index contributed by atoms with van der Waals surface area (Å²) in [5, 5.41) is 0.758. The monoisotopic (exact) mass is 246 g/mol. The number of hydrogen-bond donors (Lipinski definition) is 0. The van der Waals surface area contributed by atoms with Crippen LogP contribution in [0.15, 0.2) is 35.5 Å². The van der Waals surface area contributed by atoms with Gasteiger partial charge >= 0.3 is 0 Å². The van der Waals surface area contributed by atoms with Gasteiger partial charge in [-0.3, -0.25) is 4.79 Å². The summed E-state index contributed by atoms with van der Waals surface area (Å²) in [6, 6.07) is 3.45. The van der Waals surface area contributed by atoms with Crippen LogP contribution in [0.4, 0.5) is 0 Å². The van der Waals surface area contributed by atoms with Crippen LogP contribution in [0, 0.1) is 0 Å². The minimum Gasteiger partial charge on any atom is -0.495 e. The number of hydrogen-bond acceptors (Lipinski definition) is 4. The highest BCUT2D eigenvalue weighted by Gasteiger charge is 2.20. The van der Waals surface area contributed by atoms with Crippen LogP contribution in [0.2, 0.25) is 0 Å². The first-order chi connectivity index (χ1) is 8.69. The molecule has 1 aromatic carbocycles. The van der Waals surface area contributed by atoms with E-state index in [9.17, 15) is 4.79 Å². The predicted molar refractivity (Wildman–Crippen MR) is 68.5 cm³/mol. The van der Waals surface area contributed by atoms with Gasteiger partial charge in [0.2, 0.25) is 0 Å². The minimum atomic E-state index is -0.117. The topological polar surface area (TPSA) is 48.7 Å². The van der Waals surface area contributed by atoms with Crippen molar-refractivity contribution in [1.82, 2.24) is 0 Å². The Hall–Kier alpha value is -2.23. The number of ketones is 1. The highest BCUT2D eigenvalue weighted by atomic mass is 16.5. The molecule has 0 spiro atoms. The predicted octanol–water partition coefficient (Wildman–Crippen LogP) is 3.21. The molecule has 0 N–H and O–H groups in total. The lowest BCUT2D eigenvalue weighted by Crippen LogP contribution is -2.04. The van der Waals surface area contributed by atoms with E-state index in [4.69, 9.17) is 13.9 Å². The summed E-state index contributed by atoms with van der Waals surface area (Å²) in [5.41, 5.74) is 1.05. The largest absolute Gasteiger partial charge is 0.495 e. The maximum Gasteiger partial charge on any atom is 0.167 e. The summed E-state index contributed by atoms with van der Waals surface area (Å²) in [7, 11) is 1.52. The first-order valence-electron chi connectivity index (χ1n) is 5.51. The fourth-order valence-electron chi connectivity index (χ4n) is 1.87. The first-order valence-corrected chi connectivity index (χ1v) is 5.51. The minimum absolute atomic E-state index is 0.117. The summed E-state index contributed by atoms with van der Waals surface area (Å²) < 4.78 is 16.1. The number of carbonyl (C=O) groups excluding carboxylic acids is 1. The van der Waals surface area contributed by atoms with Gasteiger partial charge < -0.3 is 13.9 Å². The number of benzene rings is 1. The van der Waals surface area contributed by atoms with E-state index < -0.39 is 0 Å². The zero-order valence-corrected chi connectivity index (χ0v) is 10.4. The zero-order valence-electron chi connectivity index (χ0n) is 10.4. The van der Waals surface area contributed by atoms with E-state index in [1.54, 1.807) is 24.5 Å². The Bertz CT molecular complexity index is 595. The van der Waals surface area contributed by atoms with E-state index in [2.05, 4.69) is 6.58 Å². The molecular formula is C14H14O4. The number of rotatable bonds is 5. The Morgan fingerprint density at radius 3 is 2.94 bits per heavy atom. The van der Waals surface area contributed by atoms with Crippen LogP contribution < -0.4 is 9.47 Å². The van der Waals surface area contributed by atoms with Gasteiger partial charge in [0.05, 0.1) is 18.8 Å². The molecule has 0 amide bonds. The third kappa shape index (κ3) is 1.97. The van der Waals surface area contributed by atoms with Crippen LogP contribution in [0.1, 0.15) is 17.3 Å². The average molecular weight is 246 g/mol. The maximum absolute atomic E-state index is 11.8. The summed E-state index contributed by atoms with van der Waals surface area (Å²) >= 11 is 0. The summed E-state index contributed by atoms with van der Waals surface area (Å²) in [5.74, 6) is 0.809. The van der Waals surface area contributed by atoms with E-state index in [1.165, 1.54) is 14.0 Å². The Balaban J connectivity index is 2.69. The van der Waals surface area contributed by atoms with Gasteiger partial charge in [-0.25, -0.2) is 0 Å². The molecule has 0 fully saturated rings. The van der Waals surface area contributed by atoms with E-state index in [-0.39, 0.29) is 5.78 Å². The van der Waals surface area contributed by atoms with E-state index in [0.717, 1.165) is 5.39 Å². The number of methoxy groups -OCH3 is 1. The highest BCUT2D eigenvalue weighted by Crippen LogP contribution is 2.37. The average Bonchev–Trinajstić information content (AvgIpc) is 2.81. The van der Waals surface area contributed by atoms with Crippen molar-refractivity contribution in [2.45, 2.75) is 6.92 Å². The van der Waals surface area contributed by atoms with Crippen molar-refractivity contribution in [2.24, 2.45) is 0 Å². The molecule has 0 aliphatic rings. The highest BCUT2D eigenvalue weighted by molar-refractivity contribution is 6.05. The third-order valence-corrected chi connectivity index (χ3v) is 2.59. The second-order valence-corrected chi connectivity index (χ2v) is 3.77. The van der Waals surface area contributed by atoms with Gasteiger partial charge in [0, 0.05) is 6.07 Å². The van der Waals surface area contributed by atoms with Crippen molar-refractivity contribution in [2.75, 3.05) is 13.7 Å². The van der Waals surface area contributed by atoms with Crippen LogP contribution >= 0.6 is 0 Å². The van der Waals surface area contributed by atoms with Gasteiger partial charge in [0.15, 0.2) is 5.78 Å². The maximum atomic E-state index is 11.8. The number of ether oxygens (including phenoxy) is 2. The number of furan rings is 1. The molecule has 0 saturated carbocycles. The second-order valence-electron chi connectivity index (χ2n) is 3.77. The van der Waals surface area contributed by atoms with Gasteiger partial charge in [-0.1, -0.05) is 12.7 Å². The fraction of sp³-hybridized carbons (Fsp3) is 0.214. The van der Waals surface area contributed by atoms with Crippen molar-refractivity contribution >= 4 is 16.8 Å². The lowest BCUT2D eigenvalue weighted by molar-refractivity contribution is 0.101. The van der Waals surface area contributed by atoms with Crippen LogP contribution in [-0.2, 0) is 0 Å². The third-order valence-electron chi connectivity index (χ3n) is 2.59. The SMILES string of the molecule is C=CCOc1cc2occc2c(OC)c1C(C)=O. The van der Waals surface area contributed by atoms with Gasteiger partial charge in [-0.2, -0.15) is 0 Å². The van der Waals surface area contributed by atoms with Crippen molar-refractivity contribution < 1.29 is 18.7 Å². The molecule has 0 bridgehead atoms. The molecule has 0 saturated heterocycles. The molecule has 0 unspecified atom stereocenters. The lowest BCUT2D eigenvalue weighted by atomic mass is 10.1. The molecule has 0 aliphatic carbocycles. The normalized spacial score (nSPS) is 10.3. The Morgan fingerprint density at radius 1 is 1.56 bits per heavy atom. The van der Waals surface area contributed by atoms with Gasteiger partial charge in [-0.15, -0.1) is 0 Å². The van der Waals surface area contributed by atoms with Crippen molar-refractivity contribution in [3.63, 3.8) is 0 Å². The van der Waals surface area contributed by atoms with Crippen LogP contribution in [0.5, 0.6) is 11.5 Å². The van der Waals surface area contributed by atoms with Crippen LogP contribution in [0.25, 0.3) is 11.0 Å². The second kappa shape index (κ2) is 4.96. The molecule has 0 aliphatic heterocycles. The lowest BCUT2D eigenvalue weighted by Gasteiger charge is -2.12. The summed E-state index contributed by atoms with van der Waals surface area (Å²) in [6.45, 7) is 5.37. The Kier molecular flexibility index (Phi) is 3.37. The van der Waals surface area contributed by atoms with Gasteiger partial charge in [0.1, 0.15) is 29.3 Å². The van der Waals surface area contributed by atoms with Gasteiger partial charge in [0.25, 0.3) is 0 Å². The first kappa shape index (κ1) is 12.2. The van der Waals surface area contributed by atoms with E-state index in [0.29, 0.717) is 29.3 Å². The molecule has 4 heteroatoms. The molecule has 18 heavy (non-hydrogen) atoms. The molecule has 2 aromatic rings. The van der Waals surface area contributed by atoms with Crippen molar-refractivity contribution in [3.05, 3.63) is 36.6 Å². The molecule has 4 nitrogen and oxygen atoms in total. The Morgan fingerprint density at radius 2 is 2.33 bits per heavy atom. The summed E-state index contributed by atoms with van der Waals surface area (Å²) in [4.78, 5) is 11.8. The van der Waals surface area contributed by atoms with Crippen LogP contribution in [-0.4, -0.2) is 19.5 Å². The van der Waals surface area contributed by atoms with E-state index >= 15 is 0 Å². The molecule has 0 radical (unpaired) electrons. The zero-order chi connectivity index (χ0) is 13.1. The molecule has 94 valence electrons. The van der Waals surface area contributed by atoms with Crippen molar-refractivity contribution in [1.29, 1.82) is 0 Å². The molecule has 1 heterocycles. The molecule has 1 aromatic heterocycles. The number of carbonyl (C=O) groups is 1. The summed E-state index contributed by atoms with van der Waals surface area (Å²) in [6.07, 6.45) is 3.16. The quantitative estimate of drug-likeness (QED) is 0.600. The molecular weight excluding hydrogens is 232 g/mol. The van der Waals surface area contributed by atoms with E-state index in [1.807, 2.05) is 0 Å². The number of Topliss-reactive ketones (excluding diaryl/α,β-unsaturated/α-hetero) is 1. The number of fused-ring (bicyclic) bond motifs is 1. The smallest absolute Gasteiger partial charge is 0.167 e. The molecule has 0 atom stereocenters. The molecule has 2 rings (SSSR count).